The van der Waals surface area contributed by atoms with Crippen molar-refractivity contribution in [3.63, 3.8) is 0 Å². The number of aromatic nitrogens is 2. The predicted molar refractivity (Wildman–Crippen MR) is 62.1 cm³/mol. The van der Waals surface area contributed by atoms with Crippen molar-refractivity contribution in [2.75, 3.05) is 0 Å². The Balaban J connectivity index is 2.12. The summed E-state index contributed by atoms with van der Waals surface area (Å²) >= 11 is 5.83. The maximum Gasteiger partial charge on any atom is 0.102 e. The van der Waals surface area contributed by atoms with Crippen LogP contribution in [0.3, 0.4) is 0 Å². The van der Waals surface area contributed by atoms with Crippen LogP contribution in [0, 0.1) is 0 Å². The summed E-state index contributed by atoms with van der Waals surface area (Å²) in [6.45, 7) is 0. The van der Waals surface area contributed by atoms with Crippen molar-refractivity contribution in [2.24, 2.45) is 0 Å². The number of halogens is 1. The average Bonchev–Trinajstić information content (AvgIpc) is 2.30. The minimum Gasteiger partial charge on any atom is -0.386 e. The van der Waals surface area contributed by atoms with Gasteiger partial charge in [-0.1, -0.05) is 17.7 Å². The summed E-state index contributed by atoms with van der Waals surface area (Å²) in [6.07, 6.45) is 3.05. The molecule has 1 N–H and O–H groups in total. The van der Waals surface area contributed by atoms with E-state index in [1.54, 1.807) is 24.5 Å². The third-order valence-electron chi connectivity index (χ3n) is 2.21. The van der Waals surface area contributed by atoms with Gasteiger partial charge >= 0.3 is 0 Å². The van der Waals surface area contributed by atoms with Gasteiger partial charge < -0.3 is 5.11 Å². The Morgan fingerprint density at radius 3 is 2.75 bits per heavy atom. The van der Waals surface area contributed by atoms with Crippen LogP contribution in [0.15, 0.2) is 42.7 Å². The zero-order valence-corrected chi connectivity index (χ0v) is 9.30. The SMILES string of the molecule is OC(Cc1ccccn1)c1cc(Cl)ccn1. The van der Waals surface area contributed by atoms with Crippen molar-refractivity contribution in [1.29, 1.82) is 0 Å². The minimum atomic E-state index is -0.673. The second-order valence-electron chi connectivity index (χ2n) is 3.44. The fourth-order valence-corrected chi connectivity index (χ4v) is 1.59. The lowest BCUT2D eigenvalue weighted by Gasteiger charge is -2.09. The summed E-state index contributed by atoms with van der Waals surface area (Å²) in [6, 6.07) is 8.94. The van der Waals surface area contributed by atoms with Crippen LogP contribution in [-0.4, -0.2) is 15.1 Å². The van der Waals surface area contributed by atoms with E-state index in [0.717, 1.165) is 5.69 Å². The molecule has 2 aromatic heterocycles. The van der Waals surface area contributed by atoms with Gasteiger partial charge in [0.15, 0.2) is 0 Å². The van der Waals surface area contributed by atoms with E-state index in [0.29, 0.717) is 17.1 Å². The molecule has 0 aliphatic carbocycles. The molecule has 0 radical (unpaired) electrons. The molecule has 2 rings (SSSR count). The van der Waals surface area contributed by atoms with Crippen LogP contribution < -0.4 is 0 Å². The summed E-state index contributed by atoms with van der Waals surface area (Å²) in [5.74, 6) is 0. The molecule has 0 aliphatic heterocycles. The van der Waals surface area contributed by atoms with E-state index in [2.05, 4.69) is 9.97 Å². The van der Waals surface area contributed by atoms with Crippen molar-refractivity contribution in [3.05, 3.63) is 59.1 Å². The standard InChI is InChI=1S/C12H11ClN2O/c13-9-4-6-15-11(7-9)12(16)8-10-3-1-2-5-14-10/h1-7,12,16H,8H2. The van der Waals surface area contributed by atoms with Crippen molar-refractivity contribution in [3.8, 4) is 0 Å². The van der Waals surface area contributed by atoms with Crippen LogP contribution in [0.25, 0.3) is 0 Å². The molecule has 82 valence electrons. The highest BCUT2D eigenvalue weighted by Crippen LogP contribution is 2.18. The molecule has 0 saturated heterocycles. The summed E-state index contributed by atoms with van der Waals surface area (Å²) in [4.78, 5) is 8.22. The minimum absolute atomic E-state index is 0.439. The molecule has 1 atom stereocenters. The molecule has 0 spiro atoms. The zero-order chi connectivity index (χ0) is 11.4. The van der Waals surface area contributed by atoms with Crippen LogP contribution in [0.4, 0.5) is 0 Å². The quantitative estimate of drug-likeness (QED) is 0.887. The van der Waals surface area contributed by atoms with E-state index >= 15 is 0 Å². The first kappa shape index (κ1) is 11.0. The van der Waals surface area contributed by atoms with Crippen molar-refractivity contribution >= 4 is 11.6 Å². The molecule has 0 amide bonds. The number of hydrogen-bond acceptors (Lipinski definition) is 3. The molecule has 16 heavy (non-hydrogen) atoms. The number of pyridine rings is 2. The normalized spacial score (nSPS) is 12.4. The Morgan fingerprint density at radius 2 is 2.06 bits per heavy atom. The third kappa shape index (κ3) is 2.78. The van der Waals surface area contributed by atoms with Gasteiger partial charge in [0.05, 0.1) is 5.69 Å². The second-order valence-corrected chi connectivity index (χ2v) is 3.88. The van der Waals surface area contributed by atoms with Gasteiger partial charge in [0, 0.05) is 29.5 Å². The molecule has 0 aromatic carbocycles. The van der Waals surface area contributed by atoms with Crippen molar-refractivity contribution < 1.29 is 5.11 Å². The smallest absolute Gasteiger partial charge is 0.102 e. The maximum atomic E-state index is 9.94. The molecule has 0 saturated carbocycles. The predicted octanol–water partition coefficient (Wildman–Crippen LogP) is 2.41. The van der Waals surface area contributed by atoms with Crippen LogP contribution >= 0.6 is 11.6 Å². The first-order valence-electron chi connectivity index (χ1n) is 4.95. The molecule has 2 aromatic rings. The Morgan fingerprint density at radius 1 is 1.19 bits per heavy atom. The van der Waals surface area contributed by atoms with Crippen LogP contribution in [0.1, 0.15) is 17.5 Å². The van der Waals surface area contributed by atoms with Gasteiger partial charge in [-0.2, -0.15) is 0 Å². The van der Waals surface area contributed by atoms with E-state index in [9.17, 15) is 5.11 Å². The summed E-state index contributed by atoms with van der Waals surface area (Å²) in [7, 11) is 0. The molecular formula is C12H11ClN2O. The lowest BCUT2D eigenvalue weighted by molar-refractivity contribution is 0.172. The largest absolute Gasteiger partial charge is 0.386 e. The molecule has 0 aliphatic rings. The number of aliphatic hydroxyl groups is 1. The van der Waals surface area contributed by atoms with Crippen LogP contribution in [0.2, 0.25) is 5.02 Å². The Labute approximate surface area is 98.8 Å². The van der Waals surface area contributed by atoms with E-state index in [-0.39, 0.29) is 0 Å². The highest BCUT2D eigenvalue weighted by atomic mass is 35.5. The average molecular weight is 235 g/mol. The van der Waals surface area contributed by atoms with E-state index in [1.807, 2.05) is 18.2 Å². The highest BCUT2D eigenvalue weighted by Gasteiger charge is 2.10. The van der Waals surface area contributed by atoms with Gasteiger partial charge in [-0.25, -0.2) is 0 Å². The van der Waals surface area contributed by atoms with Gasteiger partial charge in [0.25, 0.3) is 0 Å². The first-order valence-corrected chi connectivity index (χ1v) is 5.33. The number of hydrogen-bond donors (Lipinski definition) is 1. The molecule has 4 heteroatoms. The topological polar surface area (TPSA) is 46.0 Å². The molecule has 2 heterocycles. The van der Waals surface area contributed by atoms with Crippen molar-refractivity contribution in [1.82, 2.24) is 9.97 Å². The summed E-state index contributed by atoms with van der Waals surface area (Å²) < 4.78 is 0. The second kappa shape index (κ2) is 5.05. The van der Waals surface area contributed by atoms with Crippen molar-refractivity contribution in [2.45, 2.75) is 12.5 Å². The lowest BCUT2D eigenvalue weighted by Crippen LogP contribution is -2.05. The Bertz CT molecular complexity index is 462. The third-order valence-corrected chi connectivity index (χ3v) is 2.45. The Hall–Kier alpha value is -1.45. The number of aliphatic hydroxyl groups excluding tert-OH is 1. The Kier molecular flexibility index (Phi) is 3.49. The lowest BCUT2D eigenvalue weighted by atomic mass is 10.1. The maximum absolute atomic E-state index is 9.94. The molecule has 0 bridgehead atoms. The first-order chi connectivity index (χ1) is 7.75. The van der Waals surface area contributed by atoms with E-state index < -0.39 is 6.10 Å². The van der Waals surface area contributed by atoms with E-state index in [4.69, 9.17) is 11.6 Å². The van der Waals surface area contributed by atoms with Gasteiger partial charge in [0.2, 0.25) is 0 Å². The fraction of sp³-hybridized carbons (Fsp3) is 0.167. The highest BCUT2D eigenvalue weighted by molar-refractivity contribution is 6.30. The summed E-state index contributed by atoms with van der Waals surface area (Å²) in [5.41, 5.74) is 1.40. The van der Waals surface area contributed by atoms with Gasteiger partial charge in [-0.05, 0) is 24.3 Å². The monoisotopic (exact) mass is 234 g/mol. The fourth-order valence-electron chi connectivity index (χ4n) is 1.42. The number of nitrogens with zero attached hydrogens (tertiary/aromatic N) is 2. The number of rotatable bonds is 3. The molecule has 1 unspecified atom stereocenters. The molecule has 3 nitrogen and oxygen atoms in total. The zero-order valence-electron chi connectivity index (χ0n) is 8.55. The van der Waals surface area contributed by atoms with Crippen LogP contribution in [0.5, 0.6) is 0 Å². The summed E-state index contributed by atoms with van der Waals surface area (Å²) in [5, 5.41) is 10.5. The van der Waals surface area contributed by atoms with Crippen LogP contribution in [-0.2, 0) is 6.42 Å². The van der Waals surface area contributed by atoms with Gasteiger partial charge in [0.1, 0.15) is 6.10 Å². The van der Waals surface area contributed by atoms with Gasteiger partial charge in [-0.15, -0.1) is 0 Å². The molecular weight excluding hydrogens is 224 g/mol. The molecule has 0 fully saturated rings. The van der Waals surface area contributed by atoms with E-state index in [1.165, 1.54) is 0 Å². The van der Waals surface area contributed by atoms with Gasteiger partial charge in [-0.3, -0.25) is 9.97 Å².